The van der Waals surface area contributed by atoms with Crippen LogP contribution in [0.15, 0.2) is 42.6 Å². The van der Waals surface area contributed by atoms with E-state index in [1.54, 1.807) is 18.2 Å². The van der Waals surface area contributed by atoms with Crippen LogP contribution in [0.1, 0.15) is 10.4 Å². The summed E-state index contributed by atoms with van der Waals surface area (Å²) in [5.74, 6) is 0.128. The molecule has 2 aromatic carbocycles. The average Bonchev–Trinajstić information content (AvgIpc) is 2.81. The van der Waals surface area contributed by atoms with Crippen LogP contribution in [0.2, 0.25) is 15.1 Å². The molecule has 3 heterocycles. The predicted octanol–water partition coefficient (Wildman–Crippen LogP) is 4.93. The molecule has 34 heavy (non-hydrogen) atoms. The van der Waals surface area contributed by atoms with Crippen molar-refractivity contribution in [1.82, 2.24) is 14.9 Å². The standard InChI is InChI=1S/C23H21Cl3N6O2/c1-30-7-9-31(10-8-30)19-6-5-14(11-18(19)26)28-23-27-12-15-21(29-23)34-13-32(22(15)33)20-16(24)3-2-4-17(20)25/h2-6,11-12H,7-10,13H2,1H3,(H,27,28,29). The number of carbonyl (C=O) groups is 1. The van der Waals surface area contributed by atoms with Crippen LogP contribution in [0.25, 0.3) is 0 Å². The van der Waals surface area contributed by atoms with Gasteiger partial charge in [-0.05, 0) is 37.4 Å². The average molecular weight is 520 g/mol. The highest BCUT2D eigenvalue weighted by molar-refractivity contribution is 6.40. The molecule has 0 spiro atoms. The van der Waals surface area contributed by atoms with E-state index in [4.69, 9.17) is 39.5 Å². The molecule has 1 fully saturated rings. The van der Waals surface area contributed by atoms with E-state index in [-0.39, 0.29) is 24.1 Å². The maximum absolute atomic E-state index is 13.0. The van der Waals surface area contributed by atoms with Crippen molar-refractivity contribution in [3.8, 4) is 5.88 Å². The van der Waals surface area contributed by atoms with Crippen molar-refractivity contribution in [2.75, 3.05) is 55.1 Å². The number of nitrogens with zero attached hydrogens (tertiary/aromatic N) is 5. The minimum absolute atomic E-state index is 0.0721. The first-order chi connectivity index (χ1) is 16.4. The molecule has 3 aromatic rings. The Morgan fingerprint density at radius 3 is 2.44 bits per heavy atom. The van der Waals surface area contributed by atoms with Crippen LogP contribution in [0.4, 0.5) is 23.0 Å². The Morgan fingerprint density at radius 1 is 1.00 bits per heavy atom. The lowest BCUT2D eigenvalue weighted by atomic mass is 10.2. The van der Waals surface area contributed by atoms with Crippen LogP contribution in [0.5, 0.6) is 5.88 Å². The first-order valence-corrected chi connectivity index (χ1v) is 11.8. The zero-order valence-corrected chi connectivity index (χ0v) is 20.5. The van der Waals surface area contributed by atoms with Gasteiger partial charge in [0.1, 0.15) is 5.56 Å². The summed E-state index contributed by atoms with van der Waals surface area (Å²) in [5, 5.41) is 4.47. The number of rotatable bonds is 4. The van der Waals surface area contributed by atoms with Gasteiger partial charge in [-0.15, -0.1) is 0 Å². The van der Waals surface area contributed by atoms with E-state index in [1.807, 2.05) is 18.2 Å². The summed E-state index contributed by atoms with van der Waals surface area (Å²) in [4.78, 5) is 27.6. The Balaban J connectivity index is 1.33. The van der Waals surface area contributed by atoms with Crippen molar-refractivity contribution in [2.45, 2.75) is 0 Å². The number of hydrogen-bond acceptors (Lipinski definition) is 7. The summed E-state index contributed by atoms with van der Waals surface area (Å²) in [5.41, 5.74) is 2.34. The van der Waals surface area contributed by atoms with Gasteiger partial charge in [-0.2, -0.15) is 4.98 Å². The van der Waals surface area contributed by atoms with Crippen molar-refractivity contribution in [3.63, 3.8) is 0 Å². The molecule has 0 atom stereocenters. The second-order valence-electron chi connectivity index (χ2n) is 8.07. The Kier molecular flexibility index (Phi) is 6.40. The number of piperazine rings is 1. The van der Waals surface area contributed by atoms with Gasteiger partial charge in [-0.3, -0.25) is 9.69 Å². The Bertz CT molecular complexity index is 1230. The van der Waals surface area contributed by atoms with E-state index in [9.17, 15) is 4.79 Å². The van der Waals surface area contributed by atoms with E-state index >= 15 is 0 Å². The summed E-state index contributed by atoms with van der Waals surface area (Å²) in [6.07, 6.45) is 1.42. The Morgan fingerprint density at radius 2 is 1.74 bits per heavy atom. The number of fused-ring (bicyclic) bond motifs is 1. The first kappa shape index (κ1) is 23.0. The molecule has 5 rings (SSSR count). The molecule has 8 nitrogen and oxygen atoms in total. The molecule has 0 unspecified atom stereocenters. The lowest BCUT2D eigenvalue weighted by molar-refractivity contribution is 0.0932. The van der Waals surface area contributed by atoms with Crippen molar-refractivity contribution in [1.29, 1.82) is 0 Å². The zero-order valence-electron chi connectivity index (χ0n) is 18.3. The minimum atomic E-state index is -0.345. The fourth-order valence-corrected chi connectivity index (χ4v) is 4.84. The number of halogens is 3. The van der Waals surface area contributed by atoms with Gasteiger partial charge >= 0.3 is 0 Å². The van der Waals surface area contributed by atoms with Gasteiger partial charge in [-0.25, -0.2) is 4.98 Å². The molecule has 0 aliphatic carbocycles. The second-order valence-corrected chi connectivity index (χ2v) is 9.29. The molecule has 1 amide bonds. The van der Waals surface area contributed by atoms with E-state index in [0.29, 0.717) is 26.7 Å². The molecule has 1 aromatic heterocycles. The van der Waals surface area contributed by atoms with Gasteiger partial charge in [0.05, 0.1) is 26.4 Å². The quantitative estimate of drug-likeness (QED) is 0.524. The minimum Gasteiger partial charge on any atom is -0.455 e. The second kappa shape index (κ2) is 9.46. The van der Waals surface area contributed by atoms with Gasteiger partial charge < -0.3 is 19.9 Å². The molecule has 0 saturated carbocycles. The van der Waals surface area contributed by atoms with Gasteiger partial charge in [0, 0.05) is 38.1 Å². The van der Waals surface area contributed by atoms with Gasteiger partial charge in [0.2, 0.25) is 11.8 Å². The SMILES string of the molecule is CN1CCN(c2ccc(Nc3ncc4c(n3)OCN(c3c(Cl)cccc3Cl)C4=O)cc2Cl)CC1. The normalized spacial score (nSPS) is 16.3. The molecule has 1 saturated heterocycles. The van der Waals surface area contributed by atoms with Gasteiger partial charge in [-0.1, -0.05) is 40.9 Å². The summed E-state index contributed by atoms with van der Waals surface area (Å²) in [6, 6.07) is 10.8. The van der Waals surface area contributed by atoms with Crippen LogP contribution >= 0.6 is 34.8 Å². The summed E-state index contributed by atoms with van der Waals surface area (Å²) in [7, 11) is 2.12. The molecular weight excluding hydrogens is 499 g/mol. The molecule has 1 N–H and O–H groups in total. The van der Waals surface area contributed by atoms with Gasteiger partial charge in [0.15, 0.2) is 6.73 Å². The fourth-order valence-electron chi connectivity index (χ4n) is 3.94. The number of aromatic nitrogens is 2. The molecular formula is C23H21Cl3N6O2. The number of hydrogen-bond donors (Lipinski definition) is 1. The maximum Gasteiger partial charge on any atom is 0.268 e. The van der Waals surface area contributed by atoms with E-state index in [1.165, 1.54) is 11.1 Å². The van der Waals surface area contributed by atoms with Crippen LogP contribution in [-0.2, 0) is 0 Å². The number of nitrogens with one attached hydrogen (secondary N) is 1. The maximum atomic E-state index is 13.0. The van der Waals surface area contributed by atoms with Crippen LogP contribution in [0, 0.1) is 0 Å². The highest BCUT2D eigenvalue weighted by Gasteiger charge is 2.31. The van der Waals surface area contributed by atoms with E-state index in [0.717, 1.165) is 37.6 Å². The summed E-state index contributed by atoms with van der Waals surface area (Å²) >= 11 is 19.1. The smallest absolute Gasteiger partial charge is 0.268 e. The Hall–Kier alpha value is -2.78. The number of carbonyl (C=O) groups excluding carboxylic acids is 1. The van der Waals surface area contributed by atoms with Gasteiger partial charge in [0.25, 0.3) is 5.91 Å². The van der Waals surface area contributed by atoms with Crippen molar-refractivity contribution < 1.29 is 9.53 Å². The zero-order chi connectivity index (χ0) is 23.8. The summed E-state index contributed by atoms with van der Waals surface area (Å²) in [6.45, 7) is 3.78. The number of benzene rings is 2. The van der Waals surface area contributed by atoms with Crippen molar-refractivity contribution in [3.05, 3.63) is 63.2 Å². The van der Waals surface area contributed by atoms with Crippen LogP contribution < -0.4 is 19.9 Å². The van der Waals surface area contributed by atoms with Crippen LogP contribution in [0.3, 0.4) is 0 Å². The number of amides is 1. The number of ether oxygens (including phenoxy) is 1. The van der Waals surface area contributed by atoms with Crippen molar-refractivity contribution in [2.24, 2.45) is 0 Å². The molecule has 176 valence electrons. The number of anilines is 4. The molecule has 0 radical (unpaired) electrons. The summed E-state index contributed by atoms with van der Waals surface area (Å²) < 4.78 is 5.74. The molecule has 2 aliphatic heterocycles. The lowest BCUT2D eigenvalue weighted by Gasteiger charge is -2.34. The largest absolute Gasteiger partial charge is 0.455 e. The molecule has 2 aliphatic rings. The number of para-hydroxylation sites is 1. The van der Waals surface area contributed by atoms with Crippen molar-refractivity contribution >= 4 is 63.7 Å². The fraction of sp³-hybridized carbons (Fsp3) is 0.261. The first-order valence-electron chi connectivity index (χ1n) is 10.7. The monoisotopic (exact) mass is 518 g/mol. The lowest BCUT2D eigenvalue weighted by Crippen LogP contribution is -2.44. The van der Waals surface area contributed by atoms with Crippen LogP contribution in [-0.4, -0.2) is 60.7 Å². The third-order valence-electron chi connectivity index (χ3n) is 5.81. The third kappa shape index (κ3) is 4.46. The third-order valence-corrected chi connectivity index (χ3v) is 6.73. The highest BCUT2D eigenvalue weighted by Crippen LogP contribution is 2.37. The molecule has 11 heteroatoms. The highest BCUT2D eigenvalue weighted by atomic mass is 35.5. The van der Waals surface area contributed by atoms with E-state index < -0.39 is 0 Å². The topological polar surface area (TPSA) is 73.8 Å². The Labute approximate surface area is 212 Å². The number of likely N-dealkylation sites (N-methyl/N-ethyl adjacent to an activating group) is 1. The molecule has 0 bridgehead atoms. The van der Waals surface area contributed by atoms with E-state index in [2.05, 4.69) is 32.1 Å². The predicted molar refractivity (Wildman–Crippen MR) is 135 cm³/mol.